The van der Waals surface area contributed by atoms with Crippen LogP contribution in [0.15, 0.2) is 42.9 Å². The Bertz CT molecular complexity index is 890. The number of fused-ring (bicyclic) bond motifs is 1. The molecule has 124 valence electrons. The van der Waals surface area contributed by atoms with Gasteiger partial charge in [-0.05, 0) is 30.3 Å². The first-order valence-electron chi connectivity index (χ1n) is 6.52. The third-order valence-electron chi connectivity index (χ3n) is 3.04. The number of hydrogen-bond acceptors (Lipinski definition) is 5. The van der Waals surface area contributed by atoms with Crippen LogP contribution in [0.5, 0.6) is 5.75 Å². The lowest BCUT2D eigenvalue weighted by molar-refractivity contribution is -0.274. The first-order valence-corrected chi connectivity index (χ1v) is 6.52. The Kier molecular flexibility index (Phi) is 3.72. The molecular weight excluding hydrogens is 329 g/mol. The van der Waals surface area contributed by atoms with E-state index in [0.717, 1.165) is 16.7 Å². The van der Waals surface area contributed by atoms with Crippen molar-refractivity contribution in [2.75, 3.05) is 5.32 Å². The zero-order valence-electron chi connectivity index (χ0n) is 11.8. The molecule has 0 saturated carbocycles. The number of carbonyl (C=O) groups is 1. The molecule has 3 rings (SSSR count). The molecule has 7 nitrogen and oxygen atoms in total. The van der Waals surface area contributed by atoms with Crippen LogP contribution in [-0.2, 0) is 0 Å². The van der Waals surface area contributed by atoms with Crippen LogP contribution in [0.2, 0.25) is 0 Å². The molecule has 24 heavy (non-hydrogen) atoms. The van der Waals surface area contributed by atoms with Crippen molar-refractivity contribution in [3.63, 3.8) is 0 Å². The number of ether oxygens (including phenoxy) is 1. The molecular formula is C14H9F3N4O3. The molecule has 0 radical (unpaired) electrons. The van der Waals surface area contributed by atoms with Crippen molar-refractivity contribution < 1.29 is 27.8 Å². The average molecular weight is 338 g/mol. The molecule has 3 aromatic rings. The van der Waals surface area contributed by atoms with Gasteiger partial charge in [0.1, 0.15) is 17.9 Å². The van der Waals surface area contributed by atoms with E-state index in [0.29, 0.717) is 16.9 Å². The molecule has 0 fully saturated rings. The number of nitrogens with one attached hydrogen (secondary N) is 1. The van der Waals surface area contributed by atoms with Crippen molar-refractivity contribution in [2.45, 2.75) is 6.36 Å². The van der Waals surface area contributed by atoms with Gasteiger partial charge in [0.2, 0.25) is 0 Å². The van der Waals surface area contributed by atoms with Gasteiger partial charge in [-0.2, -0.15) is 0 Å². The Morgan fingerprint density at radius 1 is 1.17 bits per heavy atom. The van der Waals surface area contributed by atoms with E-state index in [9.17, 15) is 18.0 Å². The van der Waals surface area contributed by atoms with E-state index >= 15 is 0 Å². The van der Waals surface area contributed by atoms with Crippen LogP contribution in [0.25, 0.3) is 11.0 Å². The van der Waals surface area contributed by atoms with Crippen LogP contribution < -0.4 is 10.1 Å². The number of rotatable bonds is 3. The Balaban J connectivity index is 1.86. The van der Waals surface area contributed by atoms with E-state index in [2.05, 4.69) is 20.0 Å². The van der Waals surface area contributed by atoms with Gasteiger partial charge in [0.25, 0.3) is 0 Å². The second-order valence-corrected chi connectivity index (χ2v) is 4.63. The highest BCUT2D eigenvalue weighted by molar-refractivity contribution is 5.93. The van der Waals surface area contributed by atoms with Gasteiger partial charge in [-0.3, -0.25) is 0 Å². The van der Waals surface area contributed by atoms with E-state index in [-0.39, 0.29) is 11.4 Å². The predicted molar refractivity (Wildman–Crippen MR) is 77.4 cm³/mol. The Labute approximate surface area is 132 Å². The number of aromatic nitrogens is 3. The summed E-state index contributed by atoms with van der Waals surface area (Å²) in [7, 11) is 0. The molecule has 2 heterocycles. The Hall–Kier alpha value is -3.30. The topological polar surface area (TPSA) is 89.3 Å². The number of hydrogen-bond donors (Lipinski definition) is 2. The van der Waals surface area contributed by atoms with Gasteiger partial charge >= 0.3 is 12.5 Å². The number of nitrogens with zero attached hydrogens (tertiary/aromatic N) is 3. The molecule has 0 bridgehead atoms. The van der Waals surface area contributed by atoms with Crippen molar-refractivity contribution in [3.05, 3.63) is 42.9 Å². The quantitative estimate of drug-likeness (QED) is 0.758. The lowest BCUT2D eigenvalue weighted by Crippen LogP contribution is -2.16. The molecule has 1 aromatic carbocycles. The monoisotopic (exact) mass is 338 g/mol. The first-order chi connectivity index (χ1) is 11.3. The van der Waals surface area contributed by atoms with E-state index in [4.69, 9.17) is 5.11 Å². The number of benzene rings is 1. The molecule has 2 aromatic heterocycles. The molecule has 0 saturated heterocycles. The maximum atomic E-state index is 12.1. The van der Waals surface area contributed by atoms with E-state index in [1.165, 1.54) is 30.7 Å². The Morgan fingerprint density at radius 2 is 1.88 bits per heavy atom. The third kappa shape index (κ3) is 3.21. The fraction of sp³-hybridized carbons (Fsp3) is 0.0714. The molecule has 0 atom stereocenters. The molecule has 0 spiro atoms. The van der Waals surface area contributed by atoms with Crippen molar-refractivity contribution in [3.8, 4) is 5.75 Å². The summed E-state index contributed by atoms with van der Waals surface area (Å²) in [5, 5.41) is 12.4. The number of halogens is 3. The number of alkyl halides is 3. The van der Waals surface area contributed by atoms with Crippen LogP contribution in [0.3, 0.4) is 0 Å². The summed E-state index contributed by atoms with van der Waals surface area (Å²) in [6, 6.07) is 6.58. The zero-order valence-corrected chi connectivity index (χ0v) is 11.8. The minimum Gasteiger partial charge on any atom is -0.464 e. The normalized spacial score (nSPS) is 11.5. The molecule has 0 amide bonds. The van der Waals surface area contributed by atoms with Crippen molar-refractivity contribution in [2.24, 2.45) is 0 Å². The summed E-state index contributed by atoms with van der Waals surface area (Å²) >= 11 is 0. The standard InChI is InChI=1S/C14H9F3N4O3/c15-14(16,17)24-9-3-1-8(2-4-9)20-11-10-5-6-21(13(22)23)12(10)19-7-18-11/h1-7H,(H,22,23)(H,18,19,20). The van der Waals surface area contributed by atoms with Crippen molar-refractivity contribution in [1.82, 2.24) is 14.5 Å². The van der Waals surface area contributed by atoms with Gasteiger partial charge in [-0.1, -0.05) is 0 Å². The summed E-state index contributed by atoms with van der Waals surface area (Å²) in [6.07, 6.45) is -3.44. The van der Waals surface area contributed by atoms with E-state index < -0.39 is 12.5 Å². The summed E-state index contributed by atoms with van der Waals surface area (Å²) in [6.45, 7) is 0. The smallest absolute Gasteiger partial charge is 0.464 e. The second kappa shape index (κ2) is 5.72. The average Bonchev–Trinajstić information content (AvgIpc) is 2.93. The van der Waals surface area contributed by atoms with Crippen molar-refractivity contribution in [1.29, 1.82) is 0 Å². The zero-order chi connectivity index (χ0) is 17.3. The van der Waals surface area contributed by atoms with Crippen LogP contribution in [0, 0.1) is 0 Å². The first kappa shape index (κ1) is 15.6. The summed E-state index contributed by atoms with van der Waals surface area (Å²) in [5.74, 6) is -0.0256. The molecule has 0 aliphatic carbocycles. The highest BCUT2D eigenvalue weighted by Gasteiger charge is 2.30. The Morgan fingerprint density at radius 3 is 2.50 bits per heavy atom. The van der Waals surface area contributed by atoms with Gasteiger partial charge in [0.05, 0.1) is 5.39 Å². The number of anilines is 2. The maximum Gasteiger partial charge on any atom is 0.573 e. The second-order valence-electron chi connectivity index (χ2n) is 4.63. The highest BCUT2D eigenvalue weighted by Crippen LogP contribution is 2.27. The number of carboxylic acid groups (broad SMARTS) is 1. The molecule has 0 unspecified atom stereocenters. The van der Waals surface area contributed by atoms with E-state index in [1.54, 1.807) is 0 Å². The van der Waals surface area contributed by atoms with Gasteiger partial charge in [0.15, 0.2) is 5.65 Å². The van der Waals surface area contributed by atoms with Gasteiger partial charge in [-0.25, -0.2) is 19.3 Å². The van der Waals surface area contributed by atoms with Gasteiger partial charge in [0, 0.05) is 11.9 Å². The summed E-state index contributed by atoms with van der Waals surface area (Å²) in [4.78, 5) is 19.0. The summed E-state index contributed by atoms with van der Waals surface area (Å²) in [5.41, 5.74) is 0.643. The summed E-state index contributed by atoms with van der Waals surface area (Å²) < 4.78 is 41.1. The predicted octanol–water partition coefficient (Wildman–Crippen LogP) is 3.60. The fourth-order valence-electron chi connectivity index (χ4n) is 2.08. The van der Waals surface area contributed by atoms with Crippen LogP contribution >= 0.6 is 0 Å². The lowest BCUT2D eigenvalue weighted by Gasteiger charge is -2.10. The highest BCUT2D eigenvalue weighted by atomic mass is 19.4. The van der Waals surface area contributed by atoms with E-state index in [1.807, 2.05) is 0 Å². The van der Waals surface area contributed by atoms with Gasteiger partial charge in [-0.15, -0.1) is 13.2 Å². The van der Waals surface area contributed by atoms with Crippen LogP contribution in [-0.4, -0.2) is 32.1 Å². The van der Waals surface area contributed by atoms with Crippen LogP contribution in [0.1, 0.15) is 0 Å². The van der Waals surface area contributed by atoms with Gasteiger partial charge < -0.3 is 15.2 Å². The third-order valence-corrected chi connectivity index (χ3v) is 3.04. The maximum absolute atomic E-state index is 12.1. The molecule has 10 heteroatoms. The molecule has 2 N–H and O–H groups in total. The molecule has 0 aliphatic rings. The minimum absolute atomic E-state index is 0.192. The SMILES string of the molecule is O=C(O)n1ccc2c(Nc3ccc(OC(F)(F)F)cc3)ncnc21. The largest absolute Gasteiger partial charge is 0.573 e. The minimum atomic E-state index is -4.76. The van der Waals surface area contributed by atoms with Crippen LogP contribution in [0.4, 0.5) is 29.5 Å². The fourth-order valence-corrected chi connectivity index (χ4v) is 2.08. The van der Waals surface area contributed by atoms with Crippen molar-refractivity contribution >= 4 is 28.6 Å². The molecule has 0 aliphatic heterocycles. The lowest BCUT2D eigenvalue weighted by atomic mass is 10.3.